The van der Waals surface area contributed by atoms with E-state index in [0.717, 1.165) is 19.3 Å². The fourth-order valence-electron chi connectivity index (χ4n) is 2.90. The number of hydrogen-bond donors (Lipinski definition) is 0. The molecule has 1 saturated carbocycles. The molecule has 0 unspecified atom stereocenters. The van der Waals surface area contributed by atoms with E-state index in [9.17, 15) is 13.2 Å². The van der Waals surface area contributed by atoms with Gasteiger partial charge >= 0.3 is 0 Å². The molecule has 1 aliphatic carbocycles. The molecule has 0 radical (unpaired) electrons. The maximum absolute atomic E-state index is 12.5. The quantitative estimate of drug-likeness (QED) is 0.855. The minimum atomic E-state index is -3.31. The average Bonchev–Trinajstić information content (AvgIpc) is 2.88. The van der Waals surface area contributed by atoms with Crippen LogP contribution in [0.25, 0.3) is 0 Å². The summed E-state index contributed by atoms with van der Waals surface area (Å²) in [4.78, 5) is 14.3. The third-order valence-electron chi connectivity index (χ3n) is 4.42. The molecule has 5 heteroatoms. The fraction of sp³-hybridized carbons (Fsp3) is 0.533. The van der Waals surface area contributed by atoms with Gasteiger partial charge in [-0.25, -0.2) is 8.42 Å². The van der Waals surface area contributed by atoms with Crippen molar-refractivity contribution in [1.82, 2.24) is 4.90 Å². The molecule has 4 nitrogen and oxygen atoms in total. The van der Waals surface area contributed by atoms with E-state index < -0.39 is 15.1 Å². The van der Waals surface area contributed by atoms with Gasteiger partial charge in [0.1, 0.15) is 0 Å². The number of hydrogen-bond acceptors (Lipinski definition) is 3. The van der Waals surface area contributed by atoms with Crippen LogP contribution in [0.5, 0.6) is 0 Å². The first-order chi connectivity index (χ1) is 9.59. The molecule has 20 heavy (non-hydrogen) atoms. The smallest absolute Gasteiger partial charge is 0.225 e. The Bertz CT molecular complexity index is 593. The molecule has 108 valence electrons. The van der Waals surface area contributed by atoms with Gasteiger partial charge in [-0.15, -0.1) is 0 Å². The van der Waals surface area contributed by atoms with Gasteiger partial charge in [0.15, 0.2) is 9.84 Å². The van der Waals surface area contributed by atoms with Crippen LogP contribution in [-0.4, -0.2) is 37.6 Å². The highest BCUT2D eigenvalue weighted by atomic mass is 32.2. The second-order valence-electron chi connectivity index (χ2n) is 5.68. The molecule has 1 saturated heterocycles. The lowest BCUT2D eigenvalue weighted by atomic mass is 9.84. The van der Waals surface area contributed by atoms with Crippen molar-refractivity contribution in [2.24, 2.45) is 5.92 Å². The standard InChI is InChI=1S/C15H19NO3S/c17-15(12-5-4-6-12)16-10-9-14(11-16)20(18,19)13-7-2-1-3-8-13/h1-3,7-8,12,14H,4-6,9-11H2/t14-/m0/s1. The monoisotopic (exact) mass is 293 g/mol. The van der Waals surface area contributed by atoms with Gasteiger partial charge in [-0.1, -0.05) is 24.6 Å². The maximum atomic E-state index is 12.5. The van der Waals surface area contributed by atoms with Crippen LogP contribution < -0.4 is 0 Å². The van der Waals surface area contributed by atoms with Crippen LogP contribution in [0.2, 0.25) is 0 Å². The molecular weight excluding hydrogens is 274 g/mol. The predicted octanol–water partition coefficient (Wildman–Crippen LogP) is 1.86. The molecule has 0 aromatic heterocycles. The van der Waals surface area contributed by atoms with Gasteiger partial charge in [0.2, 0.25) is 5.91 Å². The van der Waals surface area contributed by atoms with Crippen molar-refractivity contribution in [3.8, 4) is 0 Å². The normalized spacial score (nSPS) is 23.6. The Labute approximate surface area is 119 Å². The number of nitrogens with zero attached hydrogens (tertiary/aromatic N) is 1. The zero-order chi connectivity index (χ0) is 14.2. The molecule has 1 aromatic carbocycles. The minimum Gasteiger partial charge on any atom is -0.341 e. The van der Waals surface area contributed by atoms with Crippen molar-refractivity contribution in [3.05, 3.63) is 30.3 Å². The molecule has 1 heterocycles. The van der Waals surface area contributed by atoms with Gasteiger partial charge in [0.25, 0.3) is 0 Å². The Kier molecular flexibility index (Phi) is 3.54. The molecule has 0 bridgehead atoms. The van der Waals surface area contributed by atoms with E-state index in [1.807, 2.05) is 0 Å². The summed E-state index contributed by atoms with van der Waals surface area (Å²) in [7, 11) is -3.31. The number of likely N-dealkylation sites (tertiary alicyclic amines) is 1. The van der Waals surface area contributed by atoms with Gasteiger partial charge < -0.3 is 4.90 Å². The van der Waals surface area contributed by atoms with Gasteiger partial charge in [0, 0.05) is 19.0 Å². The lowest BCUT2D eigenvalue weighted by Crippen LogP contribution is -2.38. The fourth-order valence-corrected chi connectivity index (χ4v) is 4.61. The van der Waals surface area contributed by atoms with Gasteiger partial charge in [0.05, 0.1) is 10.1 Å². The Balaban J connectivity index is 1.72. The summed E-state index contributed by atoms with van der Waals surface area (Å²) in [5, 5.41) is -0.450. The van der Waals surface area contributed by atoms with Crippen molar-refractivity contribution >= 4 is 15.7 Å². The molecule has 1 aliphatic heterocycles. The zero-order valence-electron chi connectivity index (χ0n) is 11.4. The molecule has 0 N–H and O–H groups in total. The summed E-state index contributed by atoms with van der Waals surface area (Å²) >= 11 is 0. The first-order valence-corrected chi connectivity index (χ1v) is 8.71. The van der Waals surface area contributed by atoms with Crippen molar-refractivity contribution < 1.29 is 13.2 Å². The number of rotatable bonds is 3. The Morgan fingerprint density at radius 1 is 1.10 bits per heavy atom. The number of sulfone groups is 1. The summed E-state index contributed by atoms with van der Waals surface area (Å²) in [6, 6.07) is 8.54. The second-order valence-corrected chi connectivity index (χ2v) is 7.91. The highest BCUT2D eigenvalue weighted by Crippen LogP contribution is 2.31. The first-order valence-electron chi connectivity index (χ1n) is 7.17. The third-order valence-corrected chi connectivity index (χ3v) is 6.61. The van der Waals surface area contributed by atoms with E-state index in [1.54, 1.807) is 35.2 Å². The maximum Gasteiger partial charge on any atom is 0.225 e. The Morgan fingerprint density at radius 2 is 1.80 bits per heavy atom. The summed E-state index contributed by atoms with van der Waals surface area (Å²) in [5.41, 5.74) is 0. The van der Waals surface area contributed by atoms with Gasteiger partial charge in [-0.05, 0) is 31.4 Å². The molecule has 3 rings (SSSR count). The summed E-state index contributed by atoms with van der Waals surface area (Å²) in [6.45, 7) is 0.929. The van der Waals surface area contributed by atoms with Gasteiger partial charge in [-0.3, -0.25) is 4.79 Å². The molecule has 1 amide bonds. The Hall–Kier alpha value is -1.36. The lowest BCUT2D eigenvalue weighted by molar-refractivity contribution is -0.136. The predicted molar refractivity (Wildman–Crippen MR) is 76.0 cm³/mol. The molecule has 1 aromatic rings. The van der Waals surface area contributed by atoms with Crippen molar-refractivity contribution in [2.45, 2.75) is 35.8 Å². The molecule has 2 fully saturated rings. The molecular formula is C15H19NO3S. The second kappa shape index (κ2) is 5.20. The van der Waals surface area contributed by atoms with E-state index in [-0.39, 0.29) is 11.8 Å². The highest BCUT2D eigenvalue weighted by molar-refractivity contribution is 7.92. The van der Waals surface area contributed by atoms with Crippen LogP contribution in [-0.2, 0) is 14.6 Å². The number of amides is 1. The van der Waals surface area contributed by atoms with Crippen molar-refractivity contribution in [2.75, 3.05) is 13.1 Å². The zero-order valence-corrected chi connectivity index (χ0v) is 12.2. The number of carbonyl (C=O) groups is 1. The lowest BCUT2D eigenvalue weighted by Gasteiger charge is -2.29. The van der Waals surface area contributed by atoms with E-state index in [1.165, 1.54) is 0 Å². The van der Waals surface area contributed by atoms with Gasteiger partial charge in [-0.2, -0.15) is 0 Å². The average molecular weight is 293 g/mol. The highest BCUT2D eigenvalue weighted by Gasteiger charge is 2.38. The molecule has 2 aliphatic rings. The van der Waals surface area contributed by atoms with E-state index in [0.29, 0.717) is 24.4 Å². The van der Waals surface area contributed by atoms with Crippen LogP contribution in [0.1, 0.15) is 25.7 Å². The van der Waals surface area contributed by atoms with Crippen LogP contribution in [0.3, 0.4) is 0 Å². The SMILES string of the molecule is O=C(C1CCC1)N1CC[C@H](S(=O)(=O)c2ccccc2)C1. The minimum absolute atomic E-state index is 0.146. The van der Waals surface area contributed by atoms with E-state index in [4.69, 9.17) is 0 Å². The number of benzene rings is 1. The number of carbonyl (C=O) groups excluding carboxylic acids is 1. The van der Waals surface area contributed by atoms with Crippen LogP contribution in [0.15, 0.2) is 35.2 Å². The van der Waals surface area contributed by atoms with E-state index in [2.05, 4.69) is 0 Å². The molecule has 1 atom stereocenters. The third kappa shape index (κ3) is 2.35. The van der Waals surface area contributed by atoms with Crippen molar-refractivity contribution in [1.29, 1.82) is 0 Å². The van der Waals surface area contributed by atoms with E-state index >= 15 is 0 Å². The Morgan fingerprint density at radius 3 is 2.40 bits per heavy atom. The topological polar surface area (TPSA) is 54.5 Å². The summed E-state index contributed by atoms with van der Waals surface area (Å²) in [5.74, 6) is 0.301. The van der Waals surface area contributed by atoms with Crippen LogP contribution in [0.4, 0.5) is 0 Å². The van der Waals surface area contributed by atoms with Crippen molar-refractivity contribution in [3.63, 3.8) is 0 Å². The first kappa shape index (κ1) is 13.6. The summed E-state index contributed by atoms with van der Waals surface area (Å²) in [6.07, 6.45) is 3.60. The van der Waals surface area contributed by atoms with Crippen LogP contribution >= 0.6 is 0 Å². The van der Waals surface area contributed by atoms with Crippen LogP contribution in [0, 0.1) is 5.92 Å². The molecule has 0 spiro atoms. The largest absolute Gasteiger partial charge is 0.341 e. The summed E-state index contributed by atoms with van der Waals surface area (Å²) < 4.78 is 25.0.